The fraction of sp³-hybridized carbons (Fsp3) is 0.333. The number of hydrogen-bond acceptors (Lipinski definition) is 3. The third-order valence-corrected chi connectivity index (χ3v) is 5.42. The number of hydrogen-bond donors (Lipinski definition) is 2. The second-order valence-corrected chi connectivity index (χ2v) is 8.35. The number of carbonyl (C=O) groups excluding carboxylic acids is 2. The van der Waals surface area contributed by atoms with Crippen LogP contribution in [-0.2, 0) is 4.79 Å². The second kappa shape index (κ2) is 7.94. The van der Waals surface area contributed by atoms with Gasteiger partial charge >= 0.3 is 0 Å². The van der Waals surface area contributed by atoms with E-state index >= 15 is 0 Å². The molecular weight excluding hydrogens is 388 g/mol. The molecular formula is C18H21BrN2O2S. The van der Waals surface area contributed by atoms with Gasteiger partial charge < -0.3 is 10.6 Å². The first-order valence-electron chi connectivity index (χ1n) is 7.71. The summed E-state index contributed by atoms with van der Waals surface area (Å²) in [6.07, 6.45) is 0. The molecule has 0 spiro atoms. The monoisotopic (exact) mass is 408 g/mol. The SMILES string of the molecule is Cc1ccc(C)c(C(C)NC(=O)C(C)NC(=O)c2ccc(Br)s2)c1. The molecule has 2 aromatic rings. The topological polar surface area (TPSA) is 58.2 Å². The highest BCUT2D eigenvalue weighted by Gasteiger charge is 2.20. The third-order valence-electron chi connectivity index (χ3n) is 3.80. The number of rotatable bonds is 5. The Hall–Kier alpha value is -1.66. The normalized spacial score (nSPS) is 13.2. The van der Waals surface area contributed by atoms with Gasteiger partial charge in [0.05, 0.1) is 14.7 Å². The van der Waals surface area contributed by atoms with Crippen LogP contribution in [0, 0.1) is 13.8 Å². The largest absolute Gasteiger partial charge is 0.348 e. The van der Waals surface area contributed by atoms with Crippen LogP contribution in [0.25, 0.3) is 0 Å². The summed E-state index contributed by atoms with van der Waals surface area (Å²) in [7, 11) is 0. The molecule has 0 fully saturated rings. The number of halogens is 1. The summed E-state index contributed by atoms with van der Waals surface area (Å²) in [5.41, 5.74) is 3.37. The zero-order chi connectivity index (χ0) is 17.9. The zero-order valence-electron chi connectivity index (χ0n) is 14.1. The summed E-state index contributed by atoms with van der Waals surface area (Å²) in [5.74, 6) is -0.444. The van der Waals surface area contributed by atoms with Gasteiger partial charge in [-0.05, 0) is 66.9 Å². The Bertz CT molecular complexity index is 757. The first-order chi connectivity index (χ1) is 11.3. The van der Waals surface area contributed by atoms with Gasteiger partial charge in [-0.3, -0.25) is 9.59 Å². The molecule has 1 aromatic carbocycles. The van der Waals surface area contributed by atoms with E-state index in [-0.39, 0.29) is 17.9 Å². The van der Waals surface area contributed by atoms with Crippen molar-refractivity contribution in [2.75, 3.05) is 0 Å². The lowest BCUT2D eigenvalue weighted by Gasteiger charge is -2.20. The van der Waals surface area contributed by atoms with Crippen LogP contribution in [0.3, 0.4) is 0 Å². The Labute approximate surface area is 154 Å². The van der Waals surface area contributed by atoms with Gasteiger partial charge in [-0.15, -0.1) is 11.3 Å². The molecule has 4 nitrogen and oxygen atoms in total. The van der Waals surface area contributed by atoms with Crippen molar-refractivity contribution in [3.8, 4) is 0 Å². The van der Waals surface area contributed by atoms with Gasteiger partial charge in [0.25, 0.3) is 5.91 Å². The van der Waals surface area contributed by atoms with Crippen LogP contribution in [0.15, 0.2) is 34.1 Å². The number of nitrogens with one attached hydrogen (secondary N) is 2. The summed E-state index contributed by atoms with van der Waals surface area (Å²) < 4.78 is 0.883. The smallest absolute Gasteiger partial charge is 0.262 e. The van der Waals surface area contributed by atoms with Gasteiger partial charge in [0, 0.05) is 0 Å². The van der Waals surface area contributed by atoms with E-state index in [2.05, 4.69) is 38.7 Å². The Morgan fingerprint density at radius 3 is 2.42 bits per heavy atom. The average molecular weight is 409 g/mol. The minimum atomic E-state index is -0.606. The standard InChI is InChI=1S/C18H21BrN2O2S/c1-10-5-6-11(2)14(9-10)12(3)20-17(22)13(4)21-18(23)15-7-8-16(19)24-15/h5-9,12-13H,1-4H3,(H,20,22)(H,21,23). The van der Waals surface area contributed by atoms with E-state index in [1.165, 1.54) is 11.3 Å². The van der Waals surface area contributed by atoms with Crippen LogP contribution in [0.1, 0.15) is 46.3 Å². The van der Waals surface area contributed by atoms with Crippen molar-refractivity contribution in [3.63, 3.8) is 0 Å². The van der Waals surface area contributed by atoms with Crippen molar-refractivity contribution in [1.29, 1.82) is 0 Å². The van der Waals surface area contributed by atoms with E-state index in [0.29, 0.717) is 4.88 Å². The highest BCUT2D eigenvalue weighted by Crippen LogP contribution is 2.22. The average Bonchev–Trinajstić information content (AvgIpc) is 2.96. The van der Waals surface area contributed by atoms with Crippen LogP contribution in [0.2, 0.25) is 0 Å². The summed E-state index contributed by atoms with van der Waals surface area (Å²) in [4.78, 5) is 25.1. The molecule has 0 saturated carbocycles. The Morgan fingerprint density at radius 2 is 1.79 bits per heavy atom. The molecule has 0 aliphatic rings. The van der Waals surface area contributed by atoms with Crippen molar-refractivity contribution < 1.29 is 9.59 Å². The molecule has 6 heteroatoms. The molecule has 2 unspecified atom stereocenters. The van der Waals surface area contributed by atoms with Crippen molar-refractivity contribution >= 4 is 39.1 Å². The number of thiophene rings is 1. The van der Waals surface area contributed by atoms with Crippen molar-refractivity contribution in [2.24, 2.45) is 0 Å². The maximum absolute atomic E-state index is 12.4. The van der Waals surface area contributed by atoms with Gasteiger partial charge in [-0.1, -0.05) is 23.8 Å². The van der Waals surface area contributed by atoms with Crippen LogP contribution in [0.4, 0.5) is 0 Å². The predicted molar refractivity (Wildman–Crippen MR) is 101 cm³/mol. The fourth-order valence-corrected chi connectivity index (χ4v) is 3.70. The second-order valence-electron chi connectivity index (χ2n) is 5.89. The molecule has 0 aliphatic heterocycles. The Kier molecular flexibility index (Phi) is 6.18. The molecule has 0 bridgehead atoms. The van der Waals surface area contributed by atoms with Gasteiger partial charge in [0.15, 0.2) is 0 Å². The van der Waals surface area contributed by atoms with Crippen molar-refractivity contribution in [2.45, 2.75) is 39.8 Å². The minimum Gasteiger partial charge on any atom is -0.348 e. The van der Waals surface area contributed by atoms with E-state index in [1.54, 1.807) is 13.0 Å². The lowest BCUT2D eigenvalue weighted by Crippen LogP contribution is -2.45. The van der Waals surface area contributed by atoms with Crippen LogP contribution >= 0.6 is 27.3 Å². The fourth-order valence-electron chi connectivity index (χ4n) is 2.41. The molecule has 0 saturated heterocycles. The first kappa shape index (κ1) is 18.7. The molecule has 0 aliphatic carbocycles. The van der Waals surface area contributed by atoms with Crippen LogP contribution < -0.4 is 10.6 Å². The molecule has 2 N–H and O–H groups in total. The Balaban J connectivity index is 1.98. The van der Waals surface area contributed by atoms with Crippen LogP contribution in [0.5, 0.6) is 0 Å². The van der Waals surface area contributed by atoms with E-state index in [0.717, 1.165) is 20.5 Å². The third kappa shape index (κ3) is 4.68. The van der Waals surface area contributed by atoms with Gasteiger partial charge in [0.2, 0.25) is 5.91 Å². The molecule has 2 rings (SSSR count). The molecule has 24 heavy (non-hydrogen) atoms. The first-order valence-corrected chi connectivity index (χ1v) is 9.32. The van der Waals surface area contributed by atoms with Gasteiger partial charge in [-0.25, -0.2) is 0 Å². The molecule has 2 atom stereocenters. The predicted octanol–water partition coefficient (Wildman–Crippen LogP) is 4.12. The quantitative estimate of drug-likeness (QED) is 0.781. The number of benzene rings is 1. The molecule has 0 radical (unpaired) electrons. The maximum atomic E-state index is 12.4. The molecule has 1 aromatic heterocycles. The number of amides is 2. The molecule has 128 valence electrons. The maximum Gasteiger partial charge on any atom is 0.262 e. The summed E-state index contributed by atoms with van der Waals surface area (Å²) in [6, 6.07) is 8.99. The molecule has 2 amide bonds. The van der Waals surface area contributed by atoms with E-state index in [1.807, 2.05) is 32.9 Å². The van der Waals surface area contributed by atoms with Crippen molar-refractivity contribution in [3.05, 3.63) is 55.7 Å². The van der Waals surface area contributed by atoms with E-state index in [9.17, 15) is 9.59 Å². The lowest BCUT2D eigenvalue weighted by atomic mass is 10.00. The van der Waals surface area contributed by atoms with E-state index < -0.39 is 6.04 Å². The van der Waals surface area contributed by atoms with Gasteiger partial charge in [-0.2, -0.15) is 0 Å². The summed E-state index contributed by atoms with van der Waals surface area (Å²) >= 11 is 4.66. The lowest BCUT2D eigenvalue weighted by molar-refractivity contribution is -0.123. The zero-order valence-corrected chi connectivity index (χ0v) is 16.5. The summed E-state index contributed by atoms with van der Waals surface area (Å²) in [5, 5.41) is 5.70. The number of aryl methyl sites for hydroxylation is 2. The Morgan fingerprint density at radius 1 is 1.08 bits per heavy atom. The highest BCUT2D eigenvalue weighted by molar-refractivity contribution is 9.11. The van der Waals surface area contributed by atoms with Crippen molar-refractivity contribution in [1.82, 2.24) is 10.6 Å². The van der Waals surface area contributed by atoms with E-state index in [4.69, 9.17) is 0 Å². The summed E-state index contributed by atoms with van der Waals surface area (Å²) in [6.45, 7) is 7.69. The minimum absolute atomic E-state index is 0.118. The van der Waals surface area contributed by atoms with Crippen LogP contribution in [-0.4, -0.2) is 17.9 Å². The number of carbonyl (C=O) groups is 2. The molecule has 1 heterocycles. The highest BCUT2D eigenvalue weighted by atomic mass is 79.9. The van der Waals surface area contributed by atoms with Gasteiger partial charge in [0.1, 0.15) is 6.04 Å².